The zero-order valence-corrected chi connectivity index (χ0v) is 23.2. The first-order chi connectivity index (χ1) is 19.6. The molecular weight excluding hydrogens is 543 g/mol. The van der Waals surface area contributed by atoms with Gasteiger partial charge >= 0.3 is 6.18 Å². The van der Waals surface area contributed by atoms with Crippen LogP contribution in [0.5, 0.6) is 0 Å². The van der Waals surface area contributed by atoms with Crippen LogP contribution in [0, 0.1) is 35.0 Å². The number of methoxy groups -OCH3 is 1. The molecule has 5 rings (SSSR count). The Kier molecular flexibility index (Phi) is 8.92. The van der Waals surface area contributed by atoms with Gasteiger partial charge in [0, 0.05) is 74.9 Å². The Morgan fingerprint density at radius 2 is 1.93 bits per heavy atom. The summed E-state index contributed by atoms with van der Waals surface area (Å²) in [6, 6.07) is 0.210. The molecule has 0 spiro atoms. The molecule has 0 aromatic rings. The fourth-order valence-corrected chi connectivity index (χ4v) is 7.60. The molecule has 13 heteroatoms. The zero-order chi connectivity index (χ0) is 29.3. The molecule has 4 fully saturated rings. The van der Waals surface area contributed by atoms with Gasteiger partial charge in [-0.2, -0.15) is 18.4 Å². The minimum atomic E-state index is -4.59. The molecule has 41 heavy (non-hydrogen) atoms. The Balaban J connectivity index is 1.33. The highest BCUT2D eigenvalue weighted by atomic mass is 19.4. The number of carbonyl (C=O) groups is 3. The third-order valence-electron chi connectivity index (χ3n) is 9.50. The molecule has 3 heterocycles. The summed E-state index contributed by atoms with van der Waals surface area (Å²) in [5.74, 6) is -5.10. The van der Waals surface area contributed by atoms with E-state index in [4.69, 9.17) is 9.47 Å². The van der Waals surface area contributed by atoms with E-state index < -0.39 is 41.9 Å². The van der Waals surface area contributed by atoms with Gasteiger partial charge in [0.1, 0.15) is 0 Å². The van der Waals surface area contributed by atoms with Crippen LogP contribution in [0.1, 0.15) is 38.5 Å². The van der Waals surface area contributed by atoms with E-state index >= 15 is 0 Å². The van der Waals surface area contributed by atoms with Crippen molar-refractivity contribution in [3.05, 3.63) is 11.6 Å². The summed E-state index contributed by atoms with van der Waals surface area (Å²) >= 11 is 0. The molecule has 7 unspecified atom stereocenters. The third kappa shape index (κ3) is 6.24. The van der Waals surface area contributed by atoms with Crippen molar-refractivity contribution in [3.63, 3.8) is 0 Å². The standard InChI is InChI=1S/C28H38F3N5O5/c1-40-22-4-2-3-21-24(22)18(13-23(37)34-21)26(38)33-17-5-6-36(15-17)25-19(27(39)35-7-9-41-10-8-35)11-16(14-32)12-20(25)28(29,30)31/h13,16-17,19-22,24-25H,2-12,15H2,1H3,(H,33,38)(H,34,37)/t16?,17-,19?,20?,21?,22?,24?,25?/m1/s1. The fraction of sp³-hybridized carbons (Fsp3) is 0.786. The normalized spacial score (nSPS) is 36.5. The molecule has 0 bridgehead atoms. The van der Waals surface area contributed by atoms with Crippen molar-refractivity contribution in [1.29, 1.82) is 5.26 Å². The summed E-state index contributed by atoms with van der Waals surface area (Å²) in [7, 11) is 1.58. The number of hydrogen-bond donors (Lipinski definition) is 2. The topological polar surface area (TPSA) is 124 Å². The van der Waals surface area contributed by atoms with Gasteiger partial charge in [0.15, 0.2) is 0 Å². The van der Waals surface area contributed by atoms with Gasteiger partial charge in [-0.3, -0.25) is 19.3 Å². The monoisotopic (exact) mass is 581 g/mol. The van der Waals surface area contributed by atoms with E-state index in [0.29, 0.717) is 38.3 Å². The van der Waals surface area contributed by atoms with Crippen molar-refractivity contribution in [3.8, 4) is 6.07 Å². The Morgan fingerprint density at radius 1 is 1.17 bits per heavy atom. The van der Waals surface area contributed by atoms with Gasteiger partial charge in [-0.05, 0) is 38.5 Å². The van der Waals surface area contributed by atoms with Crippen LogP contribution in [0.15, 0.2) is 11.6 Å². The SMILES string of the molecule is COC1CCCC2NC(=O)C=C(C(=O)N[C@@H]3CCN(C4C(C(=O)N5CCOCC5)CC(C#N)CC4C(F)(F)F)C3)C21. The number of nitrogens with zero attached hydrogens (tertiary/aromatic N) is 3. The maximum Gasteiger partial charge on any atom is 0.393 e. The highest BCUT2D eigenvalue weighted by Gasteiger charge is 2.56. The lowest BCUT2D eigenvalue weighted by molar-refractivity contribution is -0.209. The van der Waals surface area contributed by atoms with Gasteiger partial charge in [0.2, 0.25) is 17.7 Å². The number of nitriles is 1. The van der Waals surface area contributed by atoms with Crippen molar-refractivity contribution in [1.82, 2.24) is 20.4 Å². The molecule has 2 N–H and O–H groups in total. The summed E-state index contributed by atoms with van der Waals surface area (Å²) in [5, 5.41) is 15.5. The number of fused-ring (bicyclic) bond motifs is 1. The summed E-state index contributed by atoms with van der Waals surface area (Å²) < 4.78 is 54.3. The number of nitrogens with one attached hydrogen (secondary N) is 2. The van der Waals surface area contributed by atoms with Crippen LogP contribution in [0.3, 0.4) is 0 Å². The quantitative estimate of drug-likeness (QED) is 0.503. The Hall–Kier alpha value is -2.69. The van der Waals surface area contributed by atoms with Gasteiger partial charge in [0.25, 0.3) is 0 Å². The van der Waals surface area contributed by atoms with Crippen LogP contribution in [0.4, 0.5) is 13.2 Å². The van der Waals surface area contributed by atoms with Crippen LogP contribution in [0.25, 0.3) is 0 Å². The molecule has 8 atom stereocenters. The number of ether oxygens (including phenoxy) is 2. The second-order valence-electron chi connectivity index (χ2n) is 11.9. The van der Waals surface area contributed by atoms with Crippen LogP contribution < -0.4 is 10.6 Å². The number of hydrogen-bond acceptors (Lipinski definition) is 7. The van der Waals surface area contributed by atoms with Crippen molar-refractivity contribution < 1.29 is 37.0 Å². The number of alkyl halides is 3. The maximum absolute atomic E-state index is 14.4. The van der Waals surface area contributed by atoms with E-state index in [9.17, 15) is 32.8 Å². The van der Waals surface area contributed by atoms with Crippen LogP contribution in [-0.2, 0) is 23.9 Å². The summed E-state index contributed by atoms with van der Waals surface area (Å²) in [6.45, 7) is 1.69. The van der Waals surface area contributed by atoms with Gasteiger partial charge < -0.3 is 25.0 Å². The van der Waals surface area contributed by atoms with Crippen LogP contribution in [-0.4, -0.2) is 104 Å². The number of carbonyl (C=O) groups excluding carboxylic acids is 3. The molecule has 2 aliphatic carbocycles. The number of likely N-dealkylation sites (tertiary alicyclic amines) is 1. The highest BCUT2D eigenvalue weighted by Crippen LogP contribution is 2.46. The molecule has 5 aliphatic rings. The van der Waals surface area contributed by atoms with Gasteiger partial charge in [0.05, 0.1) is 37.2 Å². The molecule has 0 aromatic heterocycles. The Bertz CT molecular complexity index is 1090. The van der Waals surface area contributed by atoms with Gasteiger partial charge in [-0.15, -0.1) is 0 Å². The molecule has 3 amide bonds. The van der Waals surface area contributed by atoms with E-state index in [2.05, 4.69) is 10.6 Å². The van der Waals surface area contributed by atoms with Crippen LogP contribution >= 0.6 is 0 Å². The fourth-order valence-electron chi connectivity index (χ4n) is 7.60. The molecule has 3 aliphatic heterocycles. The van der Waals surface area contributed by atoms with Crippen molar-refractivity contribution in [2.24, 2.45) is 23.7 Å². The molecule has 10 nitrogen and oxygen atoms in total. The molecular formula is C28H38F3N5O5. The minimum Gasteiger partial charge on any atom is -0.381 e. The minimum absolute atomic E-state index is 0.0704. The lowest BCUT2D eigenvalue weighted by Gasteiger charge is -2.46. The van der Waals surface area contributed by atoms with E-state index in [1.54, 1.807) is 16.9 Å². The van der Waals surface area contributed by atoms with Crippen molar-refractivity contribution >= 4 is 17.7 Å². The van der Waals surface area contributed by atoms with Crippen molar-refractivity contribution in [2.45, 2.75) is 68.9 Å². The van der Waals surface area contributed by atoms with E-state index in [0.717, 1.165) is 19.3 Å². The lowest BCUT2D eigenvalue weighted by Crippen LogP contribution is -2.58. The number of amides is 3. The second-order valence-corrected chi connectivity index (χ2v) is 11.9. The molecule has 0 radical (unpaired) electrons. The predicted octanol–water partition coefficient (Wildman–Crippen LogP) is 1.37. The molecule has 2 saturated heterocycles. The van der Waals surface area contributed by atoms with E-state index in [1.807, 2.05) is 6.07 Å². The predicted molar refractivity (Wildman–Crippen MR) is 139 cm³/mol. The zero-order valence-electron chi connectivity index (χ0n) is 23.2. The summed E-state index contributed by atoms with van der Waals surface area (Å²) in [4.78, 5) is 42.6. The first-order valence-electron chi connectivity index (χ1n) is 14.5. The maximum atomic E-state index is 14.4. The molecule has 0 aromatic carbocycles. The molecule has 226 valence electrons. The number of rotatable bonds is 5. The third-order valence-corrected chi connectivity index (χ3v) is 9.50. The molecule has 2 saturated carbocycles. The van der Waals surface area contributed by atoms with Crippen molar-refractivity contribution in [2.75, 3.05) is 46.5 Å². The van der Waals surface area contributed by atoms with Crippen LogP contribution in [0.2, 0.25) is 0 Å². The second kappa shape index (κ2) is 12.3. The largest absolute Gasteiger partial charge is 0.393 e. The Labute approximate surface area is 237 Å². The average molecular weight is 582 g/mol. The lowest BCUT2D eigenvalue weighted by atomic mass is 9.70. The Morgan fingerprint density at radius 3 is 2.61 bits per heavy atom. The van der Waals surface area contributed by atoms with E-state index in [1.165, 1.54) is 6.08 Å². The van der Waals surface area contributed by atoms with Gasteiger partial charge in [-0.25, -0.2) is 0 Å². The average Bonchev–Trinajstić information content (AvgIpc) is 3.43. The number of morpholine rings is 1. The summed E-state index contributed by atoms with van der Waals surface area (Å²) in [6.07, 6.45) is -1.01. The number of halogens is 3. The first kappa shape index (κ1) is 29.8. The highest BCUT2D eigenvalue weighted by molar-refractivity contribution is 6.03. The van der Waals surface area contributed by atoms with E-state index in [-0.39, 0.29) is 55.8 Å². The smallest absolute Gasteiger partial charge is 0.381 e. The van der Waals surface area contributed by atoms with Gasteiger partial charge in [-0.1, -0.05) is 0 Å². The summed E-state index contributed by atoms with van der Waals surface area (Å²) in [5.41, 5.74) is 0.340. The first-order valence-corrected chi connectivity index (χ1v) is 14.5.